The van der Waals surface area contributed by atoms with E-state index in [4.69, 9.17) is 10.5 Å². The van der Waals surface area contributed by atoms with Gasteiger partial charge in [0.25, 0.3) is 5.91 Å². The van der Waals surface area contributed by atoms with Crippen LogP contribution in [0.4, 0.5) is 14.5 Å². The third-order valence-corrected chi connectivity index (χ3v) is 3.85. The minimum Gasteiger partial charge on any atom is -0.488 e. The first-order valence-electron chi connectivity index (χ1n) is 8.18. The molecular weight excluding hydrogens is 352 g/mol. The molecule has 0 bridgehead atoms. The lowest BCUT2D eigenvalue weighted by molar-refractivity contribution is 0.102. The molecular formula is C20H17F2N3O2. The number of aromatic nitrogens is 1. The Kier molecular flexibility index (Phi) is 5.73. The number of halogens is 2. The summed E-state index contributed by atoms with van der Waals surface area (Å²) >= 11 is 0. The van der Waals surface area contributed by atoms with Crippen LogP contribution < -0.4 is 15.8 Å². The number of ether oxygens (including phenoxy) is 1. The van der Waals surface area contributed by atoms with Crippen LogP contribution in [0.2, 0.25) is 0 Å². The Balaban J connectivity index is 1.84. The molecule has 5 nitrogen and oxygen atoms in total. The van der Waals surface area contributed by atoms with Gasteiger partial charge in [-0.15, -0.1) is 0 Å². The van der Waals surface area contributed by atoms with E-state index in [1.165, 1.54) is 12.3 Å². The lowest BCUT2D eigenvalue weighted by Gasteiger charge is -2.15. The van der Waals surface area contributed by atoms with Crippen molar-refractivity contribution in [2.24, 2.45) is 5.73 Å². The number of hydrogen-bond acceptors (Lipinski definition) is 4. The van der Waals surface area contributed by atoms with Crippen LogP contribution in [0.25, 0.3) is 0 Å². The highest BCUT2D eigenvalue weighted by Gasteiger charge is 2.16. The molecule has 0 saturated heterocycles. The van der Waals surface area contributed by atoms with Crippen LogP contribution in [-0.4, -0.2) is 10.9 Å². The molecule has 1 amide bonds. The molecule has 0 spiro atoms. The first-order chi connectivity index (χ1) is 13.1. The molecule has 0 aliphatic heterocycles. The van der Waals surface area contributed by atoms with Crippen molar-refractivity contribution in [3.63, 3.8) is 0 Å². The van der Waals surface area contributed by atoms with Crippen molar-refractivity contribution in [1.29, 1.82) is 0 Å². The van der Waals surface area contributed by atoms with Crippen LogP contribution >= 0.6 is 0 Å². The number of benzene rings is 2. The number of nitrogens with two attached hydrogens (primary N) is 1. The molecule has 3 aromatic rings. The van der Waals surface area contributed by atoms with E-state index in [-0.39, 0.29) is 18.7 Å². The van der Waals surface area contributed by atoms with E-state index in [0.717, 1.165) is 12.1 Å². The molecule has 3 rings (SSSR count). The van der Waals surface area contributed by atoms with Crippen LogP contribution in [0.3, 0.4) is 0 Å². The van der Waals surface area contributed by atoms with Gasteiger partial charge in [-0.1, -0.05) is 18.2 Å². The number of pyridine rings is 1. The zero-order chi connectivity index (χ0) is 19.2. The fourth-order valence-electron chi connectivity index (χ4n) is 2.51. The molecule has 1 aromatic heterocycles. The molecule has 0 fully saturated rings. The summed E-state index contributed by atoms with van der Waals surface area (Å²) in [5, 5.41) is 2.73. The summed E-state index contributed by atoms with van der Waals surface area (Å²) in [6, 6.07) is 11.9. The van der Waals surface area contributed by atoms with Gasteiger partial charge in [-0.25, -0.2) is 8.78 Å². The summed E-state index contributed by atoms with van der Waals surface area (Å²) in [5.41, 5.74) is 7.62. The van der Waals surface area contributed by atoms with Crippen LogP contribution in [0, 0.1) is 11.6 Å². The van der Waals surface area contributed by atoms with Crippen LogP contribution in [0.15, 0.2) is 60.9 Å². The number of hydrogen-bond donors (Lipinski definition) is 2. The molecule has 0 aliphatic carbocycles. The van der Waals surface area contributed by atoms with Gasteiger partial charge in [-0.3, -0.25) is 9.78 Å². The first kappa shape index (κ1) is 18.5. The van der Waals surface area contributed by atoms with E-state index < -0.39 is 17.5 Å². The van der Waals surface area contributed by atoms with Crippen molar-refractivity contribution in [2.75, 3.05) is 5.32 Å². The number of amides is 1. The lowest BCUT2D eigenvalue weighted by Crippen LogP contribution is -2.15. The summed E-state index contributed by atoms with van der Waals surface area (Å²) in [7, 11) is 0. The standard InChI is InChI=1S/C20H17F2N3O2/c21-17-7-6-13(9-18(17)22)12-27-19-14(10-23)3-1-5-16(19)20(26)25-15-4-2-8-24-11-15/h1-9,11H,10,12,23H2,(H,25,26). The maximum absolute atomic E-state index is 13.4. The summed E-state index contributed by atoms with van der Waals surface area (Å²) in [5.74, 6) is -1.99. The summed E-state index contributed by atoms with van der Waals surface area (Å²) < 4.78 is 32.2. The average Bonchev–Trinajstić information content (AvgIpc) is 2.69. The van der Waals surface area contributed by atoms with Crippen molar-refractivity contribution in [2.45, 2.75) is 13.2 Å². The highest BCUT2D eigenvalue weighted by atomic mass is 19.2. The minimum absolute atomic E-state index is 0.0403. The second-order valence-electron chi connectivity index (χ2n) is 5.73. The lowest BCUT2D eigenvalue weighted by atomic mass is 10.1. The molecule has 2 aromatic carbocycles. The molecule has 0 saturated carbocycles. The van der Waals surface area contributed by atoms with Gasteiger partial charge in [-0.05, 0) is 35.9 Å². The van der Waals surface area contributed by atoms with Gasteiger partial charge in [0.05, 0.1) is 17.4 Å². The number of para-hydroxylation sites is 1. The van der Waals surface area contributed by atoms with E-state index in [2.05, 4.69) is 10.3 Å². The molecule has 0 unspecified atom stereocenters. The molecule has 7 heteroatoms. The van der Waals surface area contributed by atoms with Gasteiger partial charge in [0.1, 0.15) is 12.4 Å². The Hall–Kier alpha value is -3.32. The Labute approximate surface area is 154 Å². The largest absolute Gasteiger partial charge is 0.488 e. The average molecular weight is 369 g/mol. The van der Waals surface area contributed by atoms with Gasteiger partial charge in [0.15, 0.2) is 11.6 Å². The fraction of sp³-hybridized carbons (Fsp3) is 0.100. The van der Waals surface area contributed by atoms with Crippen molar-refractivity contribution in [1.82, 2.24) is 4.98 Å². The zero-order valence-corrected chi connectivity index (χ0v) is 14.3. The third kappa shape index (κ3) is 4.45. The van der Waals surface area contributed by atoms with E-state index in [1.807, 2.05) is 0 Å². The van der Waals surface area contributed by atoms with Crippen molar-refractivity contribution in [3.8, 4) is 5.75 Å². The third-order valence-electron chi connectivity index (χ3n) is 3.85. The smallest absolute Gasteiger partial charge is 0.259 e. The van der Waals surface area contributed by atoms with Gasteiger partial charge in [-0.2, -0.15) is 0 Å². The van der Waals surface area contributed by atoms with Crippen LogP contribution in [0.1, 0.15) is 21.5 Å². The molecule has 1 heterocycles. The highest BCUT2D eigenvalue weighted by Crippen LogP contribution is 2.26. The van der Waals surface area contributed by atoms with Crippen molar-refractivity contribution >= 4 is 11.6 Å². The molecule has 3 N–H and O–H groups in total. The minimum atomic E-state index is -0.960. The fourth-order valence-corrected chi connectivity index (χ4v) is 2.51. The van der Waals surface area contributed by atoms with Crippen molar-refractivity contribution < 1.29 is 18.3 Å². The van der Waals surface area contributed by atoms with Gasteiger partial charge >= 0.3 is 0 Å². The second kappa shape index (κ2) is 8.37. The molecule has 0 atom stereocenters. The normalized spacial score (nSPS) is 10.5. The van der Waals surface area contributed by atoms with Gasteiger partial charge in [0, 0.05) is 18.3 Å². The number of carbonyl (C=O) groups is 1. The second-order valence-corrected chi connectivity index (χ2v) is 5.73. The van der Waals surface area contributed by atoms with Crippen LogP contribution in [0.5, 0.6) is 5.75 Å². The Morgan fingerprint density at radius 1 is 1.11 bits per heavy atom. The molecule has 27 heavy (non-hydrogen) atoms. The highest BCUT2D eigenvalue weighted by molar-refractivity contribution is 6.06. The van der Waals surface area contributed by atoms with E-state index in [0.29, 0.717) is 22.6 Å². The first-order valence-corrected chi connectivity index (χ1v) is 8.18. The zero-order valence-electron chi connectivity index (χ0n) is 14.3. The maximum atomic E-state index is 13.4. The molecule has 0 aliphatic rings. The molecule has 138 valence electrons. The SMILES string of the molecule is NCc1cccc(C(=O)Nc2cccnc2)c1OCc1ccc(F)c(F)c1. The number of nitrogens with zero attached hydrogens (tertiary/aromatic N) is 1. The quantitative estimate of drug-likeness (QED) is 0.695. The maximum Gasteiger partial charge on any atom is 0.259 e. The summed E-state index contributed by atoms with van der Waals surface area (Å²) in [4.78, 5) is 16.6. The van der Waals surface area contributed by atoms with Crippen molar-refractivity contribution in [3.05, 3.63) is 89.2 Å². The number of anilines is 1. The van der Waals surface area contributed by atoms with Crippen LogP contribution in [-0.2, 0) is 13.2 Å². The summed E-state index contributed by atoms with van der Waals surface area (Å²) in [6.45, 7) is 0.114. The number of rotatable bonds is 6. The topological polar surface area (TPSA) is 77.2 Å². The van der Waals surface area contributed by atoms with E-state index >= 15 is 0 Å². The predicted molar refractivity (Wildman–Crippen MR) is 97.2 cm³/mol. The van der Waals surface area contributed by atoms with E-state index in [1.54, 1.807) is 36.5 Å². The van der Waals surface area contributed by atoms with Gasteiger partial charge in [0.2, 0.25) is 0 Å². The Bertz CT molecular complexity index is 949. The Morgan fingerprint density at radius 3 is 2.67 bits per heavy atom. The molecule has 0 radical (unpaired) electrons. The number of carbonyl (C=O) groups excluding carboxylic acids is 1. The Morgan fingerprint density at radius 2 is 1.96 bits per heavy atom. The monoisotopic (exact) mass is 369 g/mol. The summed E-state index contributed by atoms with van der Waals surface area (Å²) in [6.07, 6.45) is 3.12. The number of nitrogens with one attached hydrogen (secondary N) is 1. The predicted octanol–water partition coefficient (Wildman–Crippen LogP) is 3.65. The van der Waals surface area contributed by atoms with E-state index in [9.17, 15) is 13.6 Å². The van der Waals surface area contributed by atoms with Gasteiger partial charge < -0.3 is 15.8 Å².